The first kappa shape index (κ1) is 24.7. The van der Waals surface area contributed by atoms with Gasteiger partial charge in [-0.25, -0.2) is 4.98 Å². The molecule has 0 amide bonds. The van der Waals surface area contributed by atoms with Gasteiger partial charge in [-0.15, -0.1) is 35.3 Å². The number of hydrogen-bond donors (Lipinski definition) is 2. The third-order valence-corrected chi connectivity index (χ3v) is 6.56. The van der Waals surface area contributed by atoms with Crippen molar-refractivity contribution in [2.24, 2.45) is 10.9 Å². The molecule has 2 N–H and O–H groups in total. The van der Waals surface area contributed by atoms with Gasteiger partial charge in [0.25, 0.3) is 0 Å². The molecule has 4 rings (SSSR count). The number of halogens is 1. The fraction of sp³-hybridized carbons (Fsp3) is 0.360. The SMILES string of the molecule is CN=C(NCc1csc(-c2ccccc2)n1)NCC1CCCOC1c1ccc(C)cc1.I. The monoisotopic (exact) mass is 562 g/mol. The minimum Gasteiger partial charge on any atom is -0.373 e. The molecular formula is C25H31IN4OS. The Balaban J connectivity index is 0.00000289. The maximum atomic E-state index is 6.15. The summed E-state index contributed by atoms with van der Waals surface area (Å²) in [5.41, 5.74) is 4.71. The molecule has 1 fully saturated rings. The van der Waals surface area contributed by atoms with Gasteiger partial charge in [0.2, 0.25) is 0 Å². The molecule has 1 saturated heterocycles. The summed E-state index contributed by atoms with van der Waals surface area (Å²) < 4.78 is 6.15. The minimum absolute atomic E-state index is 0. The lowest BCUT2D eigenvalue weighted by molar-refractivity contribution is -0.0265. The number of aryl methyl sites for hydroxylation is 1. The van der Waals surface area contributed by atoms with E-state index in [0.29, 0.717) is 12.5 Å². The second-order valence-electron chi connectivity index (χ2n) is 7.92. The van der Waals surface area contributed by atoms with Gasteiger partial charge in [0.1, 0.15) is 5.01 Å². The van der Waals surface area contributed by atoms with Gasteiger partial charge in [-0.3, -0.25) is 4.99 Å². The van der Waals surface area contributed by atoms with Crippen LogP contribution in [0.5, 0.6) is 0 Å². The molecule has 32 heavy (non-hydrogen) atoms. The van der Waals surface area contributed by atoms with Crippen LogP contribution in [0.4, 0.5) is 0 Å². The van der Waals surface area contributed by atoms with E-state index >= 15 is 0 Å². The quantitative estimate of drug-likeness (QED) is 0.234. The van der Waals surface area contributed by atoms with Gasteiger partial charge < -0.3 is 15.4 Å². The lowest BCUT2D eigenvalue weighted by atomic mass is 9.89. The van der Waals surface area contributed by atoms with Crippen molar-refractivity contribution in [3.8, 4) is 10.6 Å². The second-order valence-corrected chi connectivity index (χ2v) is 8.78. The van der Waals surface area contributed by atoms with Crippen LogP contribution in [-0.2, 0) is 11.3 Å². The number of hydrogen-bond acceptors (Lipinski definition) is 4. The molecule has 170 valence electrons. The zero-order chi connectivity index (χ0) is 21.5. The number of ether oxygens (including phenoxy) is 1. The van der Waals surface area contributed by atoms with Crippen LogP contribution in [0.25, 0.3) is 10.6 Å². The molecule has 1 aromatic heterocycles. The van der Waals surface area contributed by atoms with Crippen molar-refractivity contribution in [1.82, 2.24) is 15.6 Å². The number of thiazole rings is 1. The van der Waals surface area contributed by atoms with Crippen LogP contribution in [0, 0.1) is 12.8 Å². The normalized spacial score (nSPS) is 18.6. The molecule has 1 aliphatic rings. The maximum absolute atomic E-state index is 6.15. The molecular weight excluding hydrogens is 531 g/mol. The summed E-state index contributed by atoms with van der Waals surface area (Å²) >= 11 is 1.67. The molecule has 3 aromatic rings. The van der Waals surface area contributed by atoms with Crippen LogP contribution in [-0.4, -0.2) is 31.1 Å². The molecule has 7 heteroatoms. The Morgan fingerprint density at radius 3 is 2.66 bits per heavy atom. The summed E-state index contributed by atoms with van der Waals surface area (Å²) in [7, 11) is 1.81. The molecule has 0 spiro atoms. The van der Waals surface area contributed by atoms with Gasteiger partial charge in [-0.1, -0.05) is 60.2 Å². The van der Waals surface area contributed by atoms with Crippen molar-refractivity contribution in [3.63, 3.8) is 0 Å². The molecule has 2 atom stereocenters. The summed E-state index contributed by atoms with van der Waals surface area (Å²) in [5.74, 6) is 1.21. The van der Waals surface area contributed by atoms with E-state index in [1.807, 2.05) is 18.2 Å². The molecule has 0 aliphatic carbocycles. The lowest BCUT2D eigenvalue weighted by Gasteiger charge is -2.32. The first-order valence-electron chi connectivity index (χ1n) is 10.9. The molecule has 5 nitrogen and oxygen atoms in total. The molecule has 0 radical (unpaired) electrons. The van der Waals surface area contributed by atoms with Crippen LogP contribution >= 0.6 is 35.3 Å². The number of rotatable bonds is 6. The Labute approximate surface area is 211 Å². The van der Waals surface area contributed by atoms with Gasteiger partial charge in [0.05, 0.1) is 18.3 Å². The van der Waals surface area contributed by atoms with Crippen LogP contribution in [0.2, 0.25) is 0 Å². The van der Waals surface area contributed by atoms with Gasteiger partial charge in [-0.2, -0.15) is 0 Å². The number of nitrogens with zero attached hydrogens (tertiary/aromatic N) is 2. The van der Waals surface area contributed by atoms with Crippen molar-refractivity contribution >= 4 is 41.3 Å². The largest absolute Gasteiger partial charge is 0.373 e. The van der Waals surface area contributed by atoms with E-state index in [1.54, 1.807) is 18.4 Å². The third-order valence-electron chi connectivity index (χ3n) is 5.62. The fourth-order valence-electron chi connectivity index (χ4n) is 3.90. The zero-order valence-electron chi connectivity index (χ0n) is 18.6. The predicted molar refractivity (Wildman–Crippen MR) is 144 cm³/mol. The first-order valence-corrected chi connectivity index (χ1v) is 11.7. The number of benzene rings is 2. The highest BCUT2D eigenvalue weighted by molar-refractivity contribution is 14.0. The highest BCUT2D eigenvalue weighted by Gasteiger charge is 2.27. The lowest BCUT2D eigenvalue weighted by Crippen LogP contribution is -2.41. The van der Waals surface area contributed by atoms with Gasteiger partial charge in [0.15, 0.2) is 5.96 Å². The highest BCUT2D eigenvalue weighted by Crippen LogP contribution is 2.33. The van der Waals surface area contributed by atoms with Crippen LogP contribution in [0.15, 0.2) is 65.0 Å². The van der Waals surface area contributed by atoms with Crippen molar-refractivity contribution in [1.29, 1.82) is 0 Å². The van der Waals surface area contributed by atoms with Crippen LogP contribution in [0.3, 0.4) is 0 Å². The number of aliphatic imine (C=N–C) groups is 1. The van der Waals surface area contributed by atoms with Gasteiger partial charge >= 0.3 is 0 Å². The van der Waals surface area contributed by atoms with Crippen molar-refractivity contribution < 1.29 is 4.74 Å². The molecule has 2 aromatic carbocycles. The van der Waals surface area contributed by atoms with Crippen molar-refractivity contribution in [3.05, 3.63) is 76.8 Å². The molecule has 0 saturated carbocycles. The van der Waals surface area contributed by atoms with E-state index in [4.69, 9.17) is 9.72 Å². The number of guanidine groups is 1. The van der Waals surface area contributed by atoms with E-state index < -0.39 is 0 Å². The predicted octanol–water partition coefficient (Wildman–Crippen LogP) is 5.57. The molecule has 2 heterocycles. The van der Waals surface area contributed by atoms with Crippen LogP contribution < -0.4 is 10.6 Å². The Bertz CT molecular complexity index is 991. The van der Waals surface area contributed by atoms with Crippen molar-refractivity contribution in [2.45, 2.75) is 32.4 Å². The smallest absolute Gasteiger partial charge is 0.191 e. The maximum Gasteiger partial charge on any atom is 0.191 e. The first-order chi connectivity index (χ1) is 15.2. The van der Waals surface area contributed by atoms with E-state index in [0.717, 1.165) is 48.2 Å². The van der Waals surface area contributed by atoms with Crippen molar-refractivity contribution in [2.75, 3.05) is 20.2 Å². The summed E-state index contributed by atoms with van der Waals surface area (Å²) in [6.45, 7) is 4.41. The standard InChI is InChI=1S/C25H30N4OS.HI/c1-18-10-12-19(13-11-18)23-21(9-6-14-30-23)15-27-25(26-2)28-16-22-17-31-24(29-22)20-7-4-3-5-8-20;/h3-5,7-8,10-13,17,21,23H,6,9,14-16H2,1-2H3,(H2,26,27,28);1H. The molecule has 2 unspecified atom stereocenters. The van der Waals surface area contributed by atoms with Gasteiger partial charge in [-0.05, 0) is 25.3 Å². The third kappa shape index (κ3) is 6.52. The summed E-state index contributed by atoms with van der Waals surface area (Å²) in [4.78, 5) is 9.14. The Morgan fingerprint density at radius 1 is 1.12 bits per heavy atom. The summed E-state index contributed by atoms with van der Waals surface area (Å²) in [6, 6.07) is 19.0. The highest BCUT2D eigenvalue weighted by atomic mass is 127. The molecule has 1 aliphatic heterocycles. The Hall–Kier alpha value is -1.97. The second kappa shape index (κ2) is 12.3. The molecule has 0 bridgehead atoms. The number of aromatic nitrogens is 1. The zero-order valence-corrected chi connectivity index (χ0v) is 21.7. The Kier molecular flexibility index (Phi) is 9.50. The Morgan fingerprint density at radius 2 is 1.91 bits per heavy atom. The topological polar surface area (TPSA) is 58.5 Å². The fourth-order valence-corrected chi connectivity index (χ4v) is 4.73. The average molecular weight is 563 g/mol. The van der Waals surface area contributed by atoms with E-state index in [-0.39, 0.29) is 30.1 Å². The van der Waals surface area contributed by atoms with E-state index in [1.165, 1.54) is 11.1 Å². The van der Waals surface area contributed by atoms with Gasteiger partial charge in [0, 0.05) is 37.1 Å². The summed E-state index contributed by atoms with van der Waals surface area (Å²) in [6.07, 6.45) is 2.38. The van der Waals surface area contributed by atoms with E-state index in [9.17, 15) is 0 Å². The average Bonchev–Trinajstić information content (AvgIpc) is 3.30. The van der Waals surface area contributed by atoms with E-state index in [2.05, 4.69) is 64.3 Å². The summed E-state index contributed by atoms with van der Waals surface area (Å²) in [5, 5.41) is 10.0. The number of nitrogens with one attached hydrogen (secondary N) is 2. The van der Waals surface area contributed by atoms with Crippen LogP contribution in [0.1, 0.15) is 35.8 Å². The minimum atomic E-state index is 0.